The van der Waals surface area contributed by atoms with Crippen molar-refractivity contribution in [2.75, 3.05) is 37.9 Å². The Morgan fingerprint density at radius 2 is 2.02 bits per heavy atom. The summed E-state index contributed by atoms with van der Waals surface area (Å²) in [6.45, 7) is 3.16. The fraction of sp³-hybridized carbons (Fsp3) is 0.241. The van der Waals surface area contributed by atoms with Crippen molar-refractivity contribution < 1.29 is 14.3 Å². The van der Waals surface area contributed by atoms with Gasteiger partial charge in [-0.05, 0) is 45.3 Å². The zero-order valence-electron chi connectivity index (χ0n) is 22.7. The number of halogens is 1. The molecule has 1 amide bonds. The van der Waals surface area contributed by atoms with Gasteiger partial charge in [-0.25, -0.2) is 4.98 Å². The van der Waals surface area contributed by atoms with Crippen molar-refractivity contribution >= 4 is 45.5 Å². The van der Waals surface area contributed by atoms with Crippen molar-refractivity contribution in [3.05, 3.63) is 77.5 Å². The number of hydrogen-bond donors (Lipinski definition) is 2. The molecule has 0 spiro atoms. The summed E-state index contributed by atoms with van der Waals surface area (Å²) in [6, 6.07) is 11.0. The Balaban J connectivity index is 1.65. The van der Waals surface area contributed by atoms with Crippen LogP contribution in [0.1, 0.15) is 18.3 Å². The second-order valence-electron chi connectivity index (χ2n) is 9.12. The number of anilines is 3. The Hall–Kier alpha value is -4.59. The van der Waals surface area contributed by atoms with E-state index in [4.69, 9.17) is 21.1 Å². The maximum atomic E-state index is 12.6. The summed E-state index contributed by atoms with van der Waals surface area (Å²) in [5.41, 5.74) is 2.54. The van der Waals surface area contributed by atoms with E-state index in [1.54, 1.807) is 42.6 Å². The van der Waals surface area contributed by atoms with Crippen LogP contribution in [0, 0.1) is 11.3 Å². The average Bonchev–Trinajstić information content (AvgIpc) is 3.33. The van der Waals surface area contributed by atoms with Crippen LogP contribution in [0.2, 0.25) is 5.02 Å². The fourth-order valence-corrected chi connectivity index (χ4v) is 4.11. The van der Waals surface area contributed by atoms with E-state index in [9.17, 15) is 10.1 Å². The Morgan fingerprint density at radius 1 is 1.20 bits per heavy atom. The molecule has 0 fully saturated rings. The maximum absolute atomic E-state index is 12.6. The number of nitrogens with zero attached hydrogens (tertiary/aromatic N) is 5. The number of pyridine rings is 1. The third kappa shape index (κ3) is 6.88. The largest absolute Gasteiger partial charge is 0.492 e. The highest BCUT2D eigenvalue weighted by molar-refractivity contribution is 6.32. The summed E-state index contributed by atoms with van der Waals surface area (Å²) in [5, 5.41) is 17.0. The van der Waals surface area contributed by atoms with Gasteiger partial charge in [0.2, 0.25) is 5.91 Å². The topological polar surface area (TPSA) is 117 Å². The van der Waals surface area contributed by atoms with Gasteiger partial charge in [0, 0.05) is 55.4 Å². The molecule has 0 aliphatic carbocycles. The third-order valence-electron chi connectivity index (χ3n) is 5.87. The number of benzene rings is 2. The van der Waals surface area contributed by atoms with Crippen molar-refractivity contribution in [1.82, 2.24) is 19.4 Å². The molecule has 10 nitrogen and oxygen atoms in total. The van der Waals surface area contributed by atoms with E-state index < -0.39 is 0 Å². The van der Waals surface area contributed by atoms with Gasteiger partial charge in [-0.3, -0.25) is 9.78 Å². The van der Waals surface area contributed by atoms with E-state index in [0.717, 1.165) is 5.82 Å². The van der Waals surface area contributed by atoms with E-state index in [0.29, 0.717) is 63.2 Å². The summed E-state index contributed by atoms with van der Waals surface area (Å²) in [6.07, 6.45) is 8.29. The highest BCUT2D eigenvalue weighted by Crippen LogP contribution is 2.37. The van der Waals surface area contributed by atoms with Gasteiger partial charge in [0.05, 0.1) is 34.1 Å². The Morgan fingerprint density at radius 3 is 2.70 bits per heavy atom. The van der Waals surface area contributed by atoms with Crippen molar-refractivity contribution in [2.45, 2.75) is 13.5 Å². The number of amides is 1. The first-order valence-electron chi connectivity index (χ1n) is 12.6. The summed E-state index contributed by atoms with van der Waals surface area (Å²) in [7, 11) is 5.73. The quantitative estimate of drug-likeness (QED) is 0.239. The number of carbonyl (C=O) groups is 1. The van der Waals surface area contributed by atoms with Crippen LogP contribution in [0.4, 0.5) is 17.1 Å². The first-order chi connectivity index (χ1) is 19.3. The lowest BCUT2D eigenvalue weighted by Crippen LogP contribution is -2.13. The molecule has 0 saturated carbocycles. The molecule has 0 aliphatic heterocycles. The smallest absolute Gasteiger partial charge is 0.248 e. The number of ether oxygens (including phenoxy) is 2. The van der Waals surface area contributed by atoms with Crippen LogP contribution < -0.4 is 20.1 Å². The number of aryl methyl sites for hydroxylation is 1. The normalized spacial score (nSPS) is 11.1. The molecule has 2 heterocycles. The van der Waals surface area contributed by atoms with Crippen LogP contribution in [0.5, 0.6) is 11.5 Å². The van der Waals surface area contributed by atoms with Crippen LogP contribution in [0.3, 0.4) is 0 Å². The molecule has 206 valence electrons. The molecule has 2 N–H and O–H groups in total. The lowest BCUT2D eigenvalue weighted by Gasteiger charge is -2.16. The SMILES string of the molecule is CCOc1cc2ncc(C#N)c(Nc3ccc(OCc4nccn4C)c(Cl)c3)c2cc1NC(=O)/C=C/CN(C)C. The lowest BCUT2D eigenvalue weighted by atomic mass is 10.1. The molecule has 0 radical (unpaired) electrons. The first kappa shape index (κ1) is 28.4. The third-order valence-corrected chi connectivity index (χ3v) is 6.16. The minimum absolute atomic E-state index is 0.268. The number of imidazole rings is 1. The minimum atomic E-state index is -0.297. The summed E-state index contributed by atoms with van der Waals surface area (Å²) in [4.78, 5) is 23.3. The fourth-order valence-electron chi connectivity index (χ4n) is 3.87. The number of rotatable bonds is 11. The van der Waals surface area contributed by atoms with E-state index in [2.05, 4.69) is 26.7 Å². The van der Waals surface area contributed by atoms with Gasteiger partial charge >= 0.3 is 0 Å². The number of likely N-dealkylation sites (N-methyl/N-ethyl adjacent to an activating group) is 1. The van der Waals surface area contributed by atoms with Crippen LogP contribution >= 0.6 is 11.6 Å². The molecular weight excluding hydrogens is 530 g/mol. The summed E-state index contributed by atoms with van der Waals surface area (Å²) in [5.74, 6) is 1.45. The van der Waals surface area contributed by atoms with Gasteiger partial charge < -0.3 is 29.6 Å². The number of nitriles is 1. The van der Waals surface area contributed by atoms with E-state index >= 15 is 0 Å². The standard InChI is InChI=1S/C29H30ClN7O3/c1-5-39-26-15-23-21(14-24(26)35-28(38)7-6-11-36(2)3)29(19(16-31)17-33-23)34-20-8-9-25(22(30)13-20)40-18-27-32-10-12-37(27)4/h6-10,12-15,17H,5,11,18H2,1-4H3,(H,33,34)(H,35,38)/b7-6+. The molecule has 4 rings (SSSR count). The van der Waals surface area contributed by atoms with Gasteiger partial charge in [0.25, 0.3) is 0 Å². The van der Waals surface area contributed by atoms with Gasteiger partial charge in [-0.2, -0.15) is 5.26 Å². The van der Waals surface area contributed by atoms with Gasteiger partial charge in [-0.15, -0.1) is 0 Å². The number of fused-ring (bicyclic) bond motifs is 1. The lowest BCUT2D eigenvalue weighted by molar-refractivity contribution is -0.111. The number of carbonyl (C=O) groups excluding carboxylic acids is 1. The molecular formula is C29H30ClN7O3. The molecule has 0 atom stereocenters. The van der Waals surface area contributed by atoms with Crippen LogP contribution in [-0.4, -0.2) is 52.6 Å². The number of nitrogens with one attached hydrogen (secondary N) is 2. The van der Waals surface area contributed by atoms with Crippen LogP contribution in [0.25, 0.3) is 10.9 Å². The molecule has 0 saturated heterocycles. The van der Waals surface area contributed by atoms with E-state index in [1.165, 1.54) is 12.3 Å². The predicted molar refractivity (Wildman–Crippen MR) is 156 cm³/mol. The van der Waals surface area contributed by atoms with Gasteiger partial charge in [0.15, 0.2) is 0 Å². The van der Waals surface area contributed by atoms with Crippen molar-refractivity contribution in [1.29, 1.82) is 5.26 Å². The molecule has 0 bridgehead atoms. The molecule has 0 aliphatic rings. The Labute approximate surface area is 237 Å². The van der Waals surface area contributed by atoms with Crippen molar-refractivity contribution in [3.63, 3.8) is 0 Å². The maximum Gasteiger partial charge on any atom is 0.248 e. The summed E-state index contributed by atoms with van der Waals surface area (Å²) >= 11 is 6.52. The summed E-state index contributed by atoms with van der Waals surface area (Å²) < 4.78 is 13.5. The second kappa shape index (κ2) is 13.0. The second-order valence-corrected chi connectivity index (χ2v) is 9.53. The molecule has 4 aromatic rings. The zero-order valence-corrected chi connectivity index (χ0v) is 23.5. The van der Waals surface area contributed by atoms with Crippen molar-refractivity contribution in [3.8, 4) is 17.6 Å². The first-order valence-corrected chi connectivity index (χ1v) is 12.9. The number of hydrogen-bond acceptors (Lipinski definition) is 8. The average molecular weight is 560 g/mol. The molecule has 2 aromatic carbocycles. The Bertz CT molecular complexity index is 1590. The molecule has 0 unspecified atom stereocenters. The van der Waals surface area contributed by atoms with Gasteiger partial charge in [0.1, 0.15) is 30.0 Å². The van der Waals surface area contributed by atoms with Crippen LogP contribution in [-0.2, 0) is 18.4 Å². The van der Waals surface area contributed by atoms with Gasteiger partial charge in [-0.1, -0.05) is 17.7 Å². The predicted octanol–water partition coefficient (Wildman–Crippen LogP) is 5.27. The highest BCUT2D eigenvalue weighted by atomic mass is 35.5. The van der Waals surface area contributed by atoms with Crippen molar-refractivity contribution in [2.24, 2.45) is 7.05 Å². The molecule has 2 aromatic heterocycles. The van der Waals surface area contributed by atoms with E-state index in [1.807, 2.05) is 43.7 Å². The number of aromatic nitrogens is 3. The molecule has 40 heavy (non-hydrogen) atoms. The van der Waals surface area contributed by atoms with E-state index in [-0.39, 0.29) is 12.5 Å². The monoisotopic (exact) mass is 559 g/mol. The highest BCUT2D eigenvalue weighted by Gasteiger charge is 2.16. The molecule has 11 heteroatoms. The zero-order chi connectivity index (χ0) is 28.6. The van der Waals surface area contributed by atoms with Crippen LogP contribution in [0.15, 0.2) is 61.1 Å². The minimum Gasteiger partial charge on any atom is -0.492 e. The Kier molecular flexibility index (Phi) is 9.22.